The number of nitrogens with zero attached hydrogens (tertiary/aromatic N) is 4. The molecule has 2 N–H and O–H groups in total. The standard InChI is InChI=1S/C7H7BN4O3/c13-8(14)15-7-4-2-1-3-6(7)12-5-9-10-11-12/h1-5,13-14H. The summed E-state index contributed by atoms with van der Waals surface area (Å²) in [5, 5.41) is 28.0. The molecule has 1 heterocycles. The van der Waals surface area contributed by atoms with Gasteiger partial charge < -0.3 is 14.7 Å². The molecule has 0 aliphatic rings. The van der Waals surface area contributed by atoms with E-state index in [4.69, 9.17) is 14.7 Å². The summed E-state index contributed by atoms with van der Waals surface area (Å²) in [6.07, 6.45) is 1.38. The van der Waals surface area contributed by atoms with Crippen molar-refractivity contribution in [2.45, 2.75) is 0 Å². The predicted molar refractivity (Wildman–Crippen MR) is 50.0 cm³/mol. The minimum Gasteiger partial charge on any atom is -0.510 e. The number of aromatic nitrogens is 4. The first-order valence-corrected chi connectivity index (χ1v) is 4.12. The zero-order valence-corrected chi connectivity index (χ0v) is 7.56. The minimum absolute atomic E-state index is 0.278. The topological polar surface area (TPSA) is 93.3 Å². The molecule has 15 heavy (non-hydrogen) atoms. The molecule has 0 radical (unpaired) electrons. The third kappa shape index (κ3) is 2.11. The van der Waals surface area contributed by atoms with Crippen molar-refractivity contribution in [2.24, 2.45) is 0 Å². The molecule has 0 spiro atoms. The van der Waals surface area contributed by atoms with Gasteiger partial charge in [0.25, 0.3) is 0 Å². The number of rotatable bonds is 3. The van der Waals surface area contributed by atoms with E-state index in [-0.39, 0.29) is 5.75 Å². The maximum Gasteiger partial charge on any atom is 0.707 e. The van der Waals surface area contributed by atoms with Gasteiger partial charge in [0.15, 0.2) is 0 Å². The van der Waals surface area contributed by atoms with Crippen molar-refractivity contribution < 1.29 is 14.7 Å². The van der Waals surface area contributed by atoms with Crippen LogP contribution in [0.5, 0.6) is 5.75 Å². The maximum absolute atomic E-state index is 8.70. The molecule has 7 nitrogen and oxygen atoms in total. The van der Waals surface area contributed by atoms with E-state index in [0.29, 0.717) is 5.69 Å². The zero-order chi connectivity index (χ0) is 10.7. The van der Waals surface area contributed by atoms with E-state index in [9.17, 15) is 0 Å². The Balaban J connectivity index is 2.38. The van der Waals surface area contributed by atoms with Crippen molar-refractivity contribution in [3.05, 3.63) is 30.6 Å². The molecule has 2 aromatic rings. The lowest BCUT2D eigenvalue weighted by molar-refractivity contribution is 0.287. The molecular weight excluding hydrogens is 199 g/mol. The highest BCUT2D eigenvalue weighted by Crippen LogP contribution is 2.20. The van der Waals surface area contributed by atoms with Crippen molar-refractivity contribution >= 4 is 7.32 Å². The third-order valence-electron chi connectivity index (χ3n) is 1.69. The van der Waals surface area contributed by atoms with Gasteiger partial charge in [-0.1, -0.05) is 12.1 Å². The summed E-state index contributed by atoms with van der Waals surface area (Å²) in [4.78, 5) is 0. The van der Waals surface area contributed by atoms with Gasteiger partial charge in [-0.15, -0.1) is 5.10 Å². The summed E-state index contributed by atoms with van der Waals surface area (Å²) in [6, 6.07) is 6.73. The van der Waals surface area contributed by atoms with Gasteiger partial charge in [0, 0.05) is 0 Å². The lowest BCUT2D eigenvalue weighted by atomic mass is 10.2. The van der Waals surface area contributed by atoms with Crippen LogP contribution >= 0.6 is 0 Å². The van der Waals surface area contributed by atoms with Crippen molar-refractivity contribution in [3.63, 3.8) is 0 Å². The van der Waals surface area contributed by atoms with Gasteiger partial charge in [-0.25, -0.2) is 0 Å². The van der Waals surface area contributed by atoms with E-state index in [2.05, 4.69) is 15.5 Å². The number of hydrogen-bond donors (Lipinski definition) is 2. The monoisotopic (exact) mass is 206 g/mol. The lowest BCUT2D eigenvalue weighted by Gasteiger charge is -2.09. The first-order valence-electron chi connectivity index (χ1n) is 4.12. The van der Waals surface area contributed by atoms with E-state index in [1.54, 1.807) is 24.3 Å². The highest BCUT2D eigenvalue weighted by Gasteiger charge is 2.15. The van der Waals surface area contributed by atoms with Crippen molar-refractivity contribution in [1.82, 2.24) is 20.2 Å². The first-order chi connectivity index (χ1) is 7.27. The van der Waals surface area contributed by atoms with Crippen molar-refractivity contribution in [3.8, 4) is 11.4 Å². The Morgan fingerprint density at radius 3 is 2.73 bits per heavy atom. The van der Waals surface area contributed by atoms with Crippen LogP contribution in [0.1, 0.15) is 0 Å². The summed E-state index contributed by atoms with van der Waals surface area (Å²) < 4.78 is 6.12. The summed E-state index contributed by atoms with van der Waals surface area (Å²) in [6.45, 7) is 0. The Labute approximate surface area is 85.1 Å². The van der Waals surface area contributed by atoms with E-state index < -0.39 is 7.32 Å². The fourth-order valence-electron chi connectivity index (χ4n) is 1.13. The number of para-hydroxylation sites is 2. The van der Waals surface area contributed by atoms with Crippen LogP contribution in [0.3, 0.4) is 0 Å². The molecule has 8 heteroatoms. The first kappa shape index (κ1) is 9.62. The van der Waals surface area contributed by atoms with Crippen LogP contribution in [-0.4, -0.2) is 37.6 Å². The molecule has 1 aromatic carbocycles. The molecule has 0 aliphatic carbocycles. The molecule has 76 valence electrons. The molecule has 0 saturated carbocycles. The average molecular weight is 206 g/mol. The van der Waals surface area contributed by atoms with Gasteiger partial charge in [0.05, 0.1) is 0 Å². The van der Waals surface area contributed by atoms with Gasteiger partial charge in [0.1, 0.15) is 17.8 Å². The van der Waals surface area contributed by atoms with E-state index >= 15 is 0 Å². The third-order valence-corrected chi connectivity index (χ3v) is 1.69. The molecule has 0 bridgehead atoms. The molecular formula is C7H7BN4O3. The van der Waals surface area contributed by atoms with Crippen molar-refractivity contribution in [2.75, 3.05) is 0 Å². The largest absolute Gasteiger partial charge is 0.707 e. The van der Waals surface area contributed by atoms with Gasteiger partial charge in [-0.2, -0.15) is 4.68 Å². The van der Waals surface area contributed by atoms with E-state index in [0.717, 1.165) is 0 Å². The fourth-order valence-corrected chi connectivity index (χ4v) is 1.13. The number of hydrogen-bond acceptors (Lipinski definition) is 6. The summed E-state index contributed by atoms with van der Waals surface area (Å²) in [5.74, 6) is 0.278. The Hall–Kier alpha value is -1.93. The molecule has 0 amide bonds. The summed E-state index contributed by atoms with van der Waals surface area (Å²) >= 11 is 0. The van der Waals surface area contributed by atoms with Gasteiger partial charge in [-0.05, 0) is 22.6 Å². The number of tetrazole rings is 1. The van der Waals surface area contributed by atoms with Gasteiger partial charge in [0.2, 0.25) is 0 Å². The SMILES string of the molecule is OB(O)Oc1ccccc1-n1cnnn1. The predicted octanol–water partition coefficient (Wildman–Crippen LogP) is -0.989. The van der Waals surface area contributed by atoms with Crippen LogP contribution in [0.25, 0.3) is 5.69 Å². The van der Waals surface area contributed by atoms with E-state index in [1.807, 2.05) is 0 Å². The van der Waals surface area contributed by atoms with Crippen LogP contribution in [0.2, 0.25) is 0 Å². The Kier molecular flexibility index (Phi) is 2.61. The Bertz CT molecular complexity index is 434. The van der Waals surface area contributed by atoms with Crippen molar-refractivity contribution in [1.29, 1.82) is 0 Å². The van der Waals surface area contributed by atoms with Crippen LogP contribution < -0.4 is 4.65 Å². The quantitative estimate of drug-likeness (QED) is 0.626. The average Bonchev–Trinajstić information content (AvgIpc) is 2.70. The molecule has 0 fully saturated rings. The Morgan fingerprint density at radius 1 is 1.27 bits per heavy atom. The molecule has 0 saturated heterocycles. The highest BCUT2D eigenvalue weighted by atomic mass is 16.6. The molecule has 1 aromatic heterocycles. The van der Waals surface area contributed by atoms with E-state index in [1.165, 1.54) is 11.0 Å². The van der Waals surface area contributed by atoms with Gasteiger partial charge in [-0.3, -0.25) is 0 Å². The summed E-state index contributed by atoms with van der Waals surface area (Å²) in [7, 11) is -1.87. The van der Waals surface area contributed by atoms with Crippen LogP contribution in [0.15, 0.2) is 30.6 Å². The minimum atomic E-state index is -1.87. The molecule has 0 atom stereocenters. The second-order valence-corrected chi connectivity index (χ2v) is 2.67. The zero-order valence-electron chi connectivity index (χ0n) is 7.56. The number of benzene rings is 1. The van der Waals surface area contributed by atoms with Crippen LogP contribution in [0, 0.1) is 0 Å². The normalized spacial score (nSPS) is 10.0. The maximum atomic E-state index is 8.70. The molecule has 0 aliphatic heterocycles. The molecule has 2 rings (SSSR count). The smallest absolute Gasteiger partial charge is 0.510 e. The highest BCUT2D eigenvalue weighted by molar-refractivity contribution is 6.33. The second kappa shape index (κ2) is 4.07. The van der Waals surface area contributed by atoms with Gasteiger partial charge >= 0.3 is 7.32 Å². The lowest BCUT2D eigenvalue weighted by Crippen LogP contribution is -2.21. The molecule has 0 unspecified atom stereocenters. The van der Waals surface area contributed by atoms with Crippen LogP contribution in [-0.2, 0) is 0 Å². The second-order valence-electron chi connectivity index (χ2n) is 2.67. The summed E-state index contributed by atoms with van der Waals surface area (Å²) in [5.41, 5.74) is 0.524. The Morgan fingerprint density at radius 2 is 2.07 bits per heavy atom. The fraction of sp³-hybridized carbons (Fsp3) is 0. The van der Waals surface area contributed by atoms with Crippen LogP contribution in [0.4, 0.5) is 0 Å².